The fourth-order valence-corrected chi connectivity index (χ4v) is 6.00. The van der Waals surface area contributed by atoms with E-state index < -0.39 is 0 Å². The lowest BCUT2D eigenvalue weighted by molar-refractivity contribution is -0.126. The molecule has 0 radical (unpaired) electrons. The van der Waals surface area contributed by atoms with Crippen molar-refractivity contribution in [1.82, 2.24) is 14.9 Å². The van der Waals surface area contributed by atoms with Crippen molar-refractivity contribution < 1.29 is 14.0 Å². The average molecular weight is 579 g/mol. The molecule has 4 aromatic rings. The first kappa shape index (κ1) is 28.0. The molecule has 1 aliphatic rings. The van der Waals surface area contributed by atoms with E-state index in [9.17, 15) is 14.4 Å². The minimum absolute atomic E-state index is 0.0384. The minimum atomic E-state index is -0.208. The highest BCUT2D eigenvalue weighted by atomic mass is 35.5. The van der Waals surface area contributed by atoms with E-state index in [4.69, 9.17) is 21.0 Å². The van der Waals surface area contributed by atoms with Gasteiger partial charge in [0.1, 0.15) is 5.76 Å². The molecule has 2 N–H and O–H groups in total. The Labute approximate surface area is 241 Å². The van der Waals surface area contributed by atoms with Crippen molar-refractivity contribution in [3.8, 4) is 0 Å². The molecule has 1 saturated carbocycles. The zero-order chi connectivity index (χ0) is 28.1. The number of thioether (sulfide) groups is 1. The van der Waals surface area contributed by atoms with Gasteiger partial charge < -0.3 is 15.1 Å². The third kappa shape index (κ3) is 6.77. The number of furan rings is 1. The van der Waals surface area contributed by atoms with Crippen LogP contribution in [-0.2, 0) is 22.7 Å². The Balaban J connectivity index is 1.24. The van der Waals surface area contributed by atoms with Gasteiger partial charge in [0, 0.05) is 23.2 Å². The number of fused-ring (bicyclic) bond motifs is 1. The molecule has 0 spiro atoms. The number of nitrogens with one attached hydrogen (secondary N) is 2. The monoisotopic (exact) mass is 578 g/mol. The van der Waals surface area contributed by atoms with Gasteiger partial charge in [-0.25, -0.2) is 4.98 Å². The zero-order valence-corrected chi connectivity index (χ0v) is 23.8. The number of para-hydroxylation sites is 1. The second kappa shape index (κ2) is 12.7. The largest absolute Gasteiger partial charge is 0.467 e. The summed E-state index contributed by atoms with van der Waals surface area (Å²) < 4.78 is 6.99. The van der Waals surface area contributed by atoms with Gasteiger partial charge in [-0.2, -0.15) is 0 Å². The van der Waals surface area contributed by atoms with Gasteiger partial charge in [0.05, 0.1) is 29.5 Å². The second-order valence-electron chi connectivity index (χ2n) is 10.1. The van der Waals surface area contributed by atoms with Crippen LogP contribution in [0.3, 0.4) is 0 Å². The van der Waals surface area contributed by atoms with E-state index in [1.807, 2.05) is 43.3 Å². The number of anilines is 1. The van der Waals surface area contributed by atoms with Crippen LogP contribution in [0.25, 0.3) is 10.9 Å². The van der Waals surface area contributed by atoms with E-state index in [1.165, 1.54) is 11.8 Å². The number of aromatic nitrogens is 2. The molecule has 10 heteroatoms. The summed E-state index contributed by atoms with van der Waals surface area (Å²) in [6.07, 6.45) is 4.77. The number of carbonyl (C=O) groups is 2. The molecule has 40 heavy (non-hydrogen) atoms. The van der Waals surface area contributed by atoms with Crippen LogP contribution >= 0.6 is 23.4 Å². The molecule has 0 bridgehead atoms. The molecule has 0 aliphatic heterocycles. The lowest BCUT2D eigenvalue weighted by Gasteiger charge is -2.28. The fraction of sp³-hybridized carbons (Fsp3) is 0.333. The highest BCUT2D eigenvalue weighted by molar-refractivity contribution is 7.99. The normalized spacial score (nSPS) is 17.1. The van der Waals surface area contributed by atoms with Crippen molar-refractivity contribution in [2.24, 2.45) is 11.8 Å². The maximum Gasteiger partial charge on any atom is 0.262 e. The van der Waals surface area contributed by atoms with Crippen molar-refractivity contribution >= 4 is 51.8 Å². The van der Waals surface area contributed by atoms with Crippen LogP contribution in [0.15, 0.2) is 75.2 Å². The van der Waals surface area contributed by atoms with E-state index in [0.29, 0.717) is 39.9 Å². The summed E-state index contributed by atoms with van der Waals surface area (Å²) in [5.74, 6) is 0.838. The summed E-state index contributed by atoms with van der Waals surface area (Å²) in [4.78, 5) is 43.7. The van der Waals surface area contributed by atoms with Gasteiger partial charge in [-0.05, 0) is 80.5 Å². The number of nitrogens with zero attached hydrogens (tertiary/aromatic N) is 2. The van der Waals surface area contributed by atoms with Gasteiger partial charge in [-0.1, -0.05) is 41.6 Å². The Morgan fingerprint density at radius 1 is 1.10 bits per heavy atom. The van der Waals surface area contributed by atoms with Crippen LogP contribution in [-0.4, -0.2) is 27.1 Å². The first-order valence-electron chi connectivity index (χ1n) is 13.4. The predicted octanol–water partition coefficient (Wildman–Crippen LogP) is 5.80. The molecule has 208 valence electrons. The quantitative estimate of drug-likeness (QED) is 0.192. The number of amides is 2. The van der Waals surface area contributed by atoms with Crippen LogP contribution in [0.5, 0.6) is 0 Å². The van der Waals surface area contributed by atoms with Gasteiger partial charge in [-0.15, -0.1) is 0 Å². The first-order chi connectivity index (χ1) is 19.4. The molecule has 2 heterocycles. The molecule has 0 saturated heterocycles. The Hall–Kier alpha value is -3.56. The molecule has 2 aromatic heterocycles. The van der Waals surface area contributed by atoms with Crippen LogP contribution in [0.4, 0.5) is 5.69 Å². The number of hydrogen-bond acceptors (Lipinski definition) is 6. The highest BCUT2D eigenvalue weighted by Crippen LogP contribution is 2.31. The second-order valence-corrected chi connectivity index (χ2v) is 11.5. The number of benzene rings is 2. The number of hydrogen-bond donors (Lipinski definition) is 2. The molecule has 5 rings (SSSR count). The average Bonchev–Trinajstić information content (AvgIpc) is 3.48. The van der Waals surface area contributed by atoms with E-state index in [-0.39, 0.29) is 35.0 Å². The molecule has 1 aliphatic carbocycles. The highest BCUT2D eigenvalue weighted by Gasteiger charge is 2.27. The van der Waals surface area contributed by atoms with Gasteiger partial charge >= 0.3 is 0 Å². The van der Waals surface area contributed by atoms with Crippen molar-refractivity contribution in [2.45, 2.75) is 50.9 Å². The van der Waals surface area contributed by atoms with Gasteiger partial charge in [0.2, 0.25) is 11.8 Å². The molecular weight excluding hydrogens is 548 g/mol. The Morgan fingerprint density at radius 3 is 2.65 bits per heavy atom. The Kier molecular flexibility index (Phi) is 8.91. The van der Waals surface area contributed by atoms with Gasteiger partial charge in [0.25, 0.3) is 5.56 Å². The first-order valence-corrected chi connectivity index (χ1v) is 14.7. The lowest BCUT2D eigenvalue weighted by atomic mass is 9.81. The summed E-state index contributed by atoms with van der Waals surface area (Å²) in [7, 11) is 0. The summed E-state index contributed by atoms with van der Waals surface area (Å²) in [6, 6.07) is 16.3. The van der Waals surface area contributed by atoms with E-state index >= 15 is 0 Å². The van der Waals surface area contributed by atoms with Crippen molar-refractivity contribution in [3.63, 3.8) is 0 Å². The molecule has 8 nitrogen and oxygen atoms in total. The van der Waals surface area contributed by atoms with Crippen LogP contribution in [0.1, 0.15) is 37.0 Å². The standard InChI is InChI=1S/C30H31ClN4O4S/c1-19-8-13-22(15-25(19)31)33-27(36)18-40-30-34-26-7-3-2-6-24(26)29(38)35(30)17-20-9-11-21(12-10-20)28(37)32-16-23-5-4-14-39-23/h2-8,13-15,20-21H,9-12,16-18H2,1H3,(H,32,37)(H,33,36). The summed E-state index contributed by atoms with van der Waals surface area (Å²) in [5.41, 5.74) is 2.04. The smallest absolute Gasteiger partial charge is 0.262 e. The Morgan fingerprint density at radius 2 is 1.90 bits per heavy atom. The van der Waals surface area contributed by atoms with Crippen molar-refractivity contribution in [1.29, 1.82) is 0 Å². The maximum atomic E-state index is 13.5. The molecule has 2 aromatic carbocycles. The summed E-state index contributed by atoms with van der Waals surface area (Å²) in [5, 5.41) is 7.47. The van der Waals surface area contributed by atoms with Crippen LogP contribution in [0.2, 0.25) is 5.02 Å². The molecule has 1 fully saturated rings. The van der Waals surface area contributed by atoms with Gasteiger partial charge in [-0.3, -0.25) is 19.0 Å². The molecule has 0 unspecified atom stereocenters. The van der Waals surface area contributed by atoms with Crippen LogP contribution in [0, 0.1) is 18.8 Å². The van der Waals surface area contributed by atoms with E-state index in [1.54, 1.807) is 29.0 Å². The number of rotatable bonds is 9. The molecular formula is C30H31ClN4O4S. The van der Waals surface area contributed by atoms with Crippen molar-refractivity contribution in [3.05, 3.63) is 87.6 Å². The Bertz CT molecular complexity index is 1560. The van der Waals surface area contributed by atoms with Crippen LogP contribution < -0.4 is 16.2 Å². The molecule has 0 atom stereocenters. The van der Waals surface area contributed by atoms with Gasteiger partial charge in [0.15, 0.2) is 5.16 Å². The lowest BCUT2D eigenvalue weighted by Crippen LogP contribution is -2.34. The number of carbonyl (C=O) groups excluding carboxylic acids is 2. The molecule has 2 amide bonds. The summed E-state index contributed by atoms with van der Waals surface area (Å²) >= 11 is 7.43. The SMILES string of the molecule is Cc1ccc(NC(=O)CSc2nc3ccccc3c(=O)n2CC2CCC(C(=O)NCc3ccco3)CC2)cc1Cl. The fourth-order valence-electron chi connectivity index (χ4n) is 5.01. The third-order valence-corrected chi connectivity index (χ3v) is 8.67. The topological polar surface area (TPSA) is 106 Å². The number of aryl methyl sites for hydroxylation is 1. The van der Waals surface area contributed by atoms with E-state index in [2.05, 4.69) is 10.6 Å². The van der Waals surface area contributed by atoms with Crippen molar-refractivity contribution in [2.75, 3.05) is 11.1 Å². The van der Waals surface area contributed by atoms with E-state index in [0.717, 1.165) is 37.0 Å². The minimum Gasteiger partial charge on any atom is -0.467 e. The third-order valence-electron chi connectivity index (χ3n) is 7.29. The number of halogens is 1. The zero-order valence-electron chi connectivity index (χ0n) is 22.2. The predicted molar refractivity (Wildman–Crippen MR) is 158 cm³/mol. The maximum absolute atomic E-state index is 13.5. The summed E-state index contributed by atoms with van der Waals surface area (Å²) in [6.45, 7) is 2.78.